The summed E-state index contributed by atoms with van der Waals surface area (Å²) in [6, 6.07) is 75.6. The summed E-state index contributed by atoms with van der Waals surface area (Å²) < 4.78 is 0. The Morgan fingerprint density at radius 2 is 0.596 bits per heavy atom. The van der Waals surface area contributed by atoms with E-state index >= 15 is 0 Å². The molecule has 10 aromatic carbocycles. The van der Waals surface area contributed by atoms with Crippen LogP contribution >= 0.6 is 0 Å². The topological polar surface area (TPSA) is 0 Å². The van der Waals surface area contributed by atoms with Gasteiger partial charge in [0.25, 0.3) is 0 Å². The van der Waals surface area contributed by atoms with Crippen LogP contribution in [-0.4, -0.2) is 0 Å². The highest BCUT2D eigenvalue weighted by molar-refractivity contribution is 6.21. The van der Waals surface area contributed by atoms with Crippen LogP contribution < -0.4 is 0 Å². The molecule has 0 unspecified atom stereocenters. The SMILES string of the molecule is c1ccc(-c2c3ccccc3c(-c3ccc(-c4cccc5ccccc45)c(-c4ccc(-c5cccc6ccccc56)cc4)c3)c3ccccc23)cc1. The number of fused-ring (bicyclic) bond motifs is 4. The monoisotopic (exact) mass is 658 g/mol. The third-order valence-electron chi connectivity index (χ3n) is 10.7. The summed E-state index contributed by atoms with van der Waals surface area (Å²) in [7, 11) is 0. The molecule has 0 saturated carbocycles. The van der Waals surface area contributed by atoms with Crippen molar-refractivity contribution >= 4 is 43.1 Å². The van der Waals surface area contributed by atoms with Gasteiger partial charge in [-0.05, 0) is 105 Å². The highest BCUT2D eigenvalue weighted by atomic mass is 14.2. The van der Waals surface area contributed by atoms with Gasteiger partial charge in [0, 0.05) is 0 Å². The van der Waals surface area contributed by atoms with Crippen LogP contribution in [0.25, 0.3) is 98.7 Å². The van der Waals surface area contributed by atoms with Crippen LogP contribution in [-0.2, 0) is 0 Å². The van der Waals surface area contributed by atoms with Gasteiger partial charge in [-0.1, -0.05) is 200 Å². The Kier molecular flexibility index (Phi) is 7.25. The quantitative estimate of drug-likeness (QED) is 0.161. The van der Waals surface area contributed by atoms with E-state index in [4.69, 9.17) is 0 Å². The average Bonchev–Trinajstić information content (AvgIpc) is 3.22. The van der Waals surface area contributed by atoms with Gasteiger partial charge in [0.05, 0.1) is 0 Å². The van der Waals surface area contributed by atoms with Crippen molar-refractivity contribution in [2.24, 2.45) is 0 Å². The molecule has 0 radical (unpaired) electrons. The van der Waals surface area contributed by atoms with Crippen LogP contribution in [0.15, 0.2) is 206 Å². The molecule has 0 aromatic heterocycles. The van der Waals surface area contributed by atoms with Crippen molar-refractivity contribution in [3.05, 3.63) is 206 Å². The maximum Gasteiger partial charge on any atom is -0.00261 e. The van der Waals surface area contributed by atoms with Gasteiger partial charge < -0.3 is 0 Å². The molecule has 0 nitrogen and oxygen atoms in total. The molecule has 0 heterocycles. The minimum Gasteiger partial charge on any atom is -0.0622 e. The lowest BCUT2D eigenvalue weighted by Gasteiger charge is -2.20. The summed E-state index contributed by atoms with van der Waals surface area (Å²) in [6.45, 7) is 0. The zero-order chi connectivity index (χ0) is 34.4. The van der Waals surface area contributed by atoms with Crippen molar-refractivity contribution < 1.29 is 0 Å². The second-order valence-electron chi connectivity index (χ2n) is 13.6. The molecular weight excluding hydrogens is 625 g/mol. The zero-order valence-corrected chi connectivity index (χ0v) is 28.6. The molecule has 0 saturated heterocycles. The fourth-order valence-electron chi connectivity index (χ4n) is 8.30. The first-order chi connectivity index (χ1) is 25.8. The fraction of sp³-hybridized carbons (Fsp3) is 0. The van der Waals surface area contributed by atoms with Gasteiger partial charge in [0.1, 0.15) is 0 Å². The van der Waals surface area contributed by atoms with Gasteiger partial charge in [0.2, 0.25) is 0 Å². The summed E-state index contributed by atoms with van der Waals surface area (Å²) in [6.07, 6.45) is 0. The molecule has 242 valence electrons. The van der Waals surface area contributed by atoms with E-state index in [1.54, 1.807) is 0 Å². The van der Waals surface area contributed by atoms with Crippen molar-refractivity contribution in [3.8, 4) is 55.6 Å². The fourth-order valence-corrected chi connectivity index (χ4v) is 8.30. The second kappa shape index (κ2) is 12.5. The van der Waals surface area contributed by atoms with E-state index in [2.05, 4.69) is 206 Å². The van der Waals surface area contributed by atoms with Gasteiger partial charge in [-0.25, -0.2) is 0 Å². The molecule has 52 heavy (non-hydrogen) atoms. The third-order valence-corrected chi connectivity index (χ3v) is 10.7. The van der Waals surface area contributed by atoms with Gasteiger partial charge in [0.15, 0.2) is 0 Å². The molecule has 0 fully saturated rings. The summed E-state index contributed by atoms with van der Waals surface area (Å²) in [5.41, 5.74) is 12.4. The van der Waals surface area contributed by atoms with Crippen molar-refractivity contribution in [1.29, 1.82) is 0 Å². The summed E-state index contributed by atoms with van der Waals surface area (Å²) in [4.78, 5) is 0. The number of hydrogen-bond donors (Lipinski definition) is 0. The molecule has 0 bridgehead atoms. The Balaban J connectivity index is 1.23. The van der Waals surface area contributed by atoms with E-state index in [1.165, 1.54) is 98.7 Å². The largest absolute Gasteiger partial charge is 0.0622 e. The molecule has 0 aliphatic heterocycles. The summed E-state index contributed by atoms with van der Waals surface area (Å²) in [5.74, 6) is 0. The van der Waals surface area contributed by atoms with Crippen molar-refractivity contribution in [2.75, 3.05) is 0 Å². The Morgan fingerprint density at radius 3 is 1.17 bits per heavy atom. The van der Waals surface area contributed by atoms with Gasteiger partial charge in [-0.15, -0.1) is 0 Å². The predicted octanol–water partition coefficient (Wildman–Crippen LogP) is 14.6. The van der Waals surface area contributed by atoms with Crippen LogP contribution in [0.3, 0.4) is 0 Å². The van der Waals surface area contributed by atoms with Gasteiger partial charge in [-0.3, -0.25) is 0 Å². The van der Waals surface area contributed by atoms with Crippen LogP contribution in [0.5, 0.6) is 0 Å². The lowest BCUT2D eigenvalue weighted by Crippen LogP contribution is -1.93. The van der Waals surface area contributed by atoms with E-state index < -0.39 is 0 Å². The molecular formula is C52H34. The standard InChI is InChI=1S/C52H34/c1-2-16-39(17-3-1)51-46-22-8-10-24-48(46)52(49-25-11-9-23-47(49)51)40-32-33-45(44-27-13-19-36-15-5-7-21-43(36)44)50(34-40)38-30-28-37(29-31-38)42-26-12-18-35-14-4-6-20-41(35)42/h1-34H. The van der Waals surface area contributed by atoms with Gasteiger partial charge in [-0.2, -0.15) is 0 Å². The smallest absolute Gasteiger partial charge is 0.00261 e. The van der Waals surface area contributed by atoms with Crippen LogP contribution in [0.2, 0.25) is 0 Å². The number of hydrogen-bond acceptors (Lipinski definition) is 0. The average molecular weight is 659 g/mol. The predicted molar refractivity (Wildman–Crippen MR) is 224 cm³/mol. The minimum absolute atomic E-state index is 1.20. The molecule has 0 spiro atoms. The van der Waals surface area contributed by atoms with Gasteiger partial charge >= 0.3 is 0 Å². The lowest BCUT2D eigenvalue weighted by atomic mass is 9.84. The van der Waals surface area contributed by atoms with Crippen LogP contribution in [0.4, 0.5) is 0 Å². The molecule has 0 atom stereocenters. The Morgan fingerprint density at radius 1 is 0.192 bits per heavy atom. The molecule has 0 aliphatic carbocycles. The second-order valence-corrected chi connectivity index (χ2v) is 13.6. The molecule has 0 N–H and O–H groups in total. The third kappa shape index (κ3) is 5.00. The van der Waals surface area contributed by atoms with E-state index in [0.717, 1.165) is 0 Å². The zero-order valence-electron chi connectivity index (χ0n) is 28.6. The Labute approximate surface area is 303 Å². The first-order valence-corrected chi connectivity index (χ1v) is 18.0. The molecule has 0 amide bonds. The highest BCUT2D eigenvalue weighted by Crippen LogP contribution is 2.46. The Bertz CT molecular complexity index is 2860. The number of rotatable bonds is 5. The molecule has 0 aliphatic rings. The van der Waals surface area contributed by atoms with Crippen LogP contribution in [0, 0.1) is 0 Å². The summed E-state index contributed by atoms with van der Waals surface area (Å²) >= 11 is 0. The molecule has 10 aromatic rings. The van der Waals surface area contributed by atoms with Crippen molar-refractivity contribution in [2.45, 2.75) is 0 Å². The highest BCUT2D eigenvalue weighted by Gasteiger charge is 2.19. The van der Waals surface area contributed by atoms with Crippen LogP contribution in [0.1, 0.15) is 0 Å². The molecule has 0 heteroatoms. The number of benzene rings is 10. The summed E-state index contributed by atoms with van der Waals surface area (Å²) in [5, 5.41) is 10.1. The first-order valence-electron chi connectivity index (χ1n) is 18.0. The first kappa shape index (κ1) is 30.1. The lowest BCUT2D eigenvalue weighted by molar-refractivity contribution is 1.58. The maximum atomic E-state index is 2.43. The van der Waals surface area contributed by atoms with E-state index in [1.807, 2.05) is 0 Å². The van der Waals surface area contributed by atoms with E-state index in [9.17, 15) is 0 Å². The molecule has 10 rings (SSSR count). The normalized spacial score (nSPS) is 11.5. The van der Waals surface area contributed by atoms with Crippen molar-refractivity contribution in [1.82, 2.24) is 0 Å². The van der Waals surface area contributed by atoms with E-state index in [-0.39, 0.29) is 0 Å². The minimum atomic E-state index is 1.20. The van der Waals surface area contributed by atoms with E-state index in [0.29, 0.717) is 0 Å². The maximum absolute atomic E-state index is 2.43. The van der Waals surface area contributed by atoms with Crippen molar-refractivity contribution in [3.63, 3.8) is 0 Å². The Hall–Kier alpha value is -6.76.